The van der Waals surface area contributed by atoms with Gasteiger partial charge in [0, 0.05) is 11.1 Å². The molecule has 20 heavy (non-hydrogen) atoms. The fourth-order valence-corrected chi connectivity index (χ4v) is 4.70. The van der Waals surface area contributed by atoms with E-state index in [0.717, 1.165) is 26.6 Å². The molecule has 7 heteroatoms. The molecule has 0 aliphatic heterocycles. The first-order chi connectivity index (χ1) is 9.66. The molecule has 3 heterocycles. The summed E-state index contributed by atoms with van der Waals surface area (Å²) in [6.07, 6.45) is 1.50. The van der Waals surface area contributed by atoms with E-state index in [4.69, 9.17) is 0 Å². The number of fused-ring (bicyclic) bond motifs is 1. The van der Waals surface area contributed by atoms with E-state index in [2.05, 4.69) is 21.4 Å². The normalized spacial score (nSPS) is 11.1. The number of thiophene rings is 2. The minimum absolute atomic E-state index is 0.345. The van der Waals surface area contributed by atoms with Gasteiger partial charge in [-0.3, -0.25) is 0 Å². The summed E-state index contributed by atoms with van der Waals surface area (Å²) in [6, 6.07) is 2.08. The second-order valence-electron chi connectivity index (χ2n) is 4.14. The number of carbonyl (C=O) groups is 1. The van der Waals surface area contributed by atoms with Gasteiger partial charge in [-0.05, 0) is 34.9 Å². The fourth-order valence-electron chi connectivity index (χ4n) is 1.88. The third-order valence-corrected chi connectivity index (χ3v) is 5.82. The molecule has 1 N–H and O–H groups in total. The largest absolute Gasteiger partial charge is 0.477 e. The molecule has 0 spiro atoms. The van der Waals surface area contributed by atoms with E-state index in [1.54, 1.807) is 23.1 Å². The monoisotopic (exact) mass is 322 g/mol. The van der Waals surface area contributed by atoms with Crippen molar-refractivity contribution in [3.63, 3.8) is 0 Å². The minimum Gasteiger partial charge on any atom is -0.477 e. The minimum atomic E-state index is -0.903. The van der Waals surface area contributed by atoms with Crippen LogP contribution in [0.2, 0.25) is 0 Å². The summed E-state index contributed by atoms with van der Waals surface area (Å²) in [4.78, 5) is 20.8. The maximum absolute atomic E-state index is 11.2. The highest BCUT2D eigenvalue weighted by Crippen LogP contribution is 2.36. The van der Waals surface area contributed by atoms with Crippen LogP contribution in [-0.2, 0) is 5.75 Å². The number of carboxylic acids is 1. The Hall–Kier alpha value is -1.44. The number of nitrogens with zero attached hydrogens (tertiary/aromatic N) is 2. The lowest BCUT2D eigenvalue weighted by Crippen LogP contribution is -1.94. The van der Waals surface area contributed by atoms with E-state index in [1.165, 1.54) is 23.2 Å². The fraction of sp³-hybridized carbons (Fsp3) is 0.154. The summed E-state index contributed by atoms with van der Waals surface area (Å²) in [5, 5.41) is 15.1. The van der Waals surface area contributed by atoms with Gasteiger partial charge in [0.25, 0.3) is 0 Å². The third-order valence-electron chi connectivity index (χ3n) is 2.84. The first-order valence-corrected chi connectivity index (χ1v) is 8.52. The first-order valence-electron chi connectivity index (χ1n) is 5.78. The molecule has 0 aliphatic carbocycles. The first kappa shape index (κ1) is 13.5. The van der Waals surface area contributed by atoms with Crippen molar-refractivity contribution in [2.75, 3.05) is 0 Å². The highest BCUT2D eigenvalue weighted by Gasteiger charge is 2.18. The smallest absolute Gasteiger partial charge is 0.346 e. The zero-order chi connectivity index (χ0) is 14.1. The zero-order valence-electron chi connectivity index (χ0n) is 10.5. The molecular formula is C13H10N2O2S3. The standard InChI is InChI=1S/C13H10N2O2S3/c1-7-9-11(19-5-8-2-3-18-4-8)14-6-15-12(9)20-10(7)13(16)17/h2-4,6H,5H2,1H3,(H,16,17). The van der Waals surface area contributed by atoms with E-state index in [1.807, 2.05) is 12.3 Å². The van der Waals surface area contributed by atoms with E-state index < -0.39 is 5.97 Å². The molecule has 0 amide bonds. The van der Waals surface area contributed by atoms with Crippen LogP contribution < -0.4 is 0 Å². The SMILES string of the molecule is Cc1c(C(=O)O)sc2ncnc(SCc3ccsc3)c12. The van der Waals surface area contributed by atoms with E-state index in [9.17, 15) is 9.90 Å². The summed E-state index contributed by atoms with van der Waals surface area (Å²) in [5.74, 6) is -0.0767. The summed E-state index contributed by atoms with van der Waals surface area (Å²) in [5.41, 5.74) is 2.00. The summed E-state index contributed by atoms with van der Waals surface area (Å²) < 4.78 is 0. The average Bonchev–Trinajstić information content (AvgIpc) is 3.05. The Morgan fingerprint density at radius 1 is 1.45 bits per heavy atom. The topological polar surface area (TPSA) is 63.1 Å². The molecule has 4 nitrogen and oxygen atoms in total. The lowest BCUT2D eigenvalue weighted by molar-refractivity contribution is 0.0701. The van der Waals surface area contributed by atoms with Crippen molar-refractivity contribution in [1.82, 2.24) is 9.97 Å². The quantitative estimate of drug-likeness (QED) is 0.580. The van der Waals surface area contributed by atoms with Crippen molar-refractivity contribution in [2.45, 2.75) is 17.7 Å². The van der Waals surface area contributed by atoms with Gasteiger partial charge < -0.3 is 5.11 Å². The Balaban J connectivity index is 2.00. The molecule has 3 rings (SSSR count). The highest BCUT2D eigenvalue weighted by molar-refractivity contribution is 7.98. The van der Waals surface area contributed by atoms with E-state index >= 15 is 0 Å². The lowest BCUT2D eigenvalue weighted by Gasteiger charge is -2.02. The molecule has 0 aliphatic rings. The van der Waals surface area contributed by atoms with Crippen molar-refractivity contribution in [1.29, 1.82) is 0 Å². The van der Waals surface area contributed by atoms with Gasteiger partial charge >= 0.3 is 5.97 Å². The Morgan fingerprint density at radius 2 is 2.30 bits per heavy atom. The molecule has 102 valence electrons. The summed E-state index contributed by atoms with van der Waals surface area (Å²) in [7, 11) is 0. The van der Waals surface area contributed by atoms with Crippen molar-refractivity contribution in [3.05, 3.63) is 39.2 Å². The van der Waals surface area contributed by atoms with Crippen LogP contribution >= 0.6 is 34.4 Å². The molecule has 0 saturated heterocycles. The van der Waals surface area contributed by atoms with Gasteiger partial charge in [0.1, 0.15) is 21.1 Å². The molecular weight excluding hydrogens is 312 g/mol. The van der Waals surface area contributed by atoms with Crippen LogP contribution in [0.3, 0.4) is 0 Å². The van der Waals surface area contributed by atoms with Crippen LogP contribution in [0, 0.1) is 6.92 Å². The number of hydrogen-bond acceptors (Lipinski definition) is 6. The van der Waals surface area contributed by atoms with Crippen molar-refractivity contribution in [3.8, 4) is 0 Å². The lowest BCUT2D eigenvalue weighted by atomic mass is 10.2. The van der Waals surface area contributed by atoms with Gasteiger partial charge in [0.05, 0.1) is 0 Å². The molecule has 0 radical (unpaired) electrons. The van der Waals surface area contributed by atoms with Crippen molar-refractivity contribution < 1.29 is 9.90 Å². The van der Waals surface area contributed by atoms with Gasteiger partial charge in [-0.15, -0.1) is 23.1 Å². The molecule has 0 aromatic carbocycles. The number of aromatic carboxylic acids is 1. The van der Waals surface area contributed by atoms with Crippen LogP contribution in [0.4, 0.5) is 0 Å². The molecule has 0 bridgehead atoms. The van der Waals surface area contributed by atoms with E-state index in [-0.39, 0.29) is 0 Å². The molecule has 3 aromatic heterocycles. The number of rotatable bonds is 4. The molecule has 3 aromatic rings. The highest BCUT2D eigenvalue weighted by atomic mass is 32.2. The van der Waals surface area contributed by atoms with Gasteiger partial charge in [0.2, 0.25) is 0 Å². The molecule has 0 atom stereocenters. The van der Waals surface area contributed by atoms with Crippen LogP contribution in [0.15, 0.2) is 28.2 Å². The molecule has 0 saturated carbocycles. The third kappa shape index (κ3) is 2.44. The van der Waals surface area contributed by atoms with Gasteiger partial charge in [0.15, 0.2) is 0 Å². The van der Waals surface area contributed by atoms with Gasteiger partial charge in [-0.1, -0.05) is 0 Å². The predicted molar refractivity (Wildman–Crippen MR) is 83.0 cm³/mol. The maximum atomic E-state index is 11.2. The molecule has 0 fully saturated rings. The second-order valence-corrected chi connectivity index (χ2v) is 6.88. The van der Waals surface area contributed by atoms with Crippen LogP contribution in [0.1, 0.15) is 20.8 Å². The number of aromatic nitrogens is 2. The van der Waals surface area contributed by atoms with Crippen LogP contribution in [-0.4, -0.2) is 21.0 Å². The second kappa shape index (κ2) is 5.51. The Labute approximate surface area is 127 Å². The van der Waals surface area contributed by atoms with Gasteiger partial charge in [-0.2, -0.15) is 11.3 Å². The summed E-state index contributed by atoms with van der Waals surface area (Å²) in [6.45, 7) is 1.82. The number of aryl methyl sites for hydroxylation is 1. The summed E-state index contributed by atoms with van der Waals surface area (Å²) >= 11 is 4.49. The van der Waals surface area contributed by atoms with E-state index in [0.29, 0.717) is 4.88 Å². The maximum Gasteiger partial charge on any atom is 0.346 e. The predicted octanol–water partition coefficient (Wildman–Crippen LogP) is 4.05. The number of carboxylic acid groups (broad SMARTS) is 1. The number of thioether (sulfide) groups is 1. The van der Waals surface area contributed by atoms with Gasteiger partial charge in [-0.25, -0.2) is 14.8 Å². The Bertz CT molecular complexity index is 765. The molecule has 0 unspecified atom stereocenters. The average molecular weight is 322 g/mol. The van der Waals surface area contributed by atoms with Crippen LogP contribution in [0.5, 0.6) is 0 Å². The number of hydrogen-bond donors (Lipinski definition) is 1. The Kier molecular flexibility index (Phi) is 3.73. The van der Waals surface area contributed by atoms with Crippen LogP contribution in [0.25, 0.3) is 10.2 Å². The Morgan fingerprint density at radius 3 is 3.00 bits per heavy atom. The zero-order valence-corrected chi connectivity index (χ0v) is 12.9. The van der Waals surface area contributed by atoms with Crippen molar-refractivity contribution >= 4 is 50.6 Å². The van der Waals surface area contributed by atoms with Crippen molar-refractivity contribution in [2.24, 2.45) is 0 Å².